The SMILES string of the molecule is Cc1noc(C)c1CSc1ncccc1C(=O)NCc1cccc(N(C)C)c1. The average Bonchev–Trinajstić information content (AvgIpc) is 3.02. The number of aromatic nitrogens is 2. The minimum absolute atomic E-state index is 0.135. The van der Waals surface area contributed by atoms with Crippen molar-refractivity contribution in [2.75, 3.05) is 19.0 Å². The second-order valence-electron chi connectivity index (χ2n) is 6.69. The van der Waals surface area contributed by atoms with Crippen LogP contribution >= 0.6 is 11.8 Å². The van der Waals surface area contributed by atoms with Gasteiger partial charge >= 0.3 is 0 Å². The lowest BCUT2D eigenvalue weighted by Crippen LogP contribution is -2.23. The zero-order valence-electron chi connectivity index (χ0n) is 16.5. The van der Waals surface area contributed by atoms with Gasteiger partial charge in [0.1, 0.15) is 10.8 Å². The molecule has 0 bridgehead atoms. The van der Waals surface area contributed by atoms with Gasteiger partial charge in [0.15, 0.2) is 0 Å². The number of hydrogen-bond acceptors (Lipinski definition) is 6. The Morgan fingerprint density at radius 1 is 1.21 bits per heavy atom. The van der Waals surface area contributed by atoms with E-state index in [1.54, 1.807) is 18.3 Å². The van der Waals surface area contributed by atoms with E-state index in [-0.39, 0.29) is 5.91 Å². The Kier molecular flexibility index (Phi) is 6.36. The first kappa shape index (κ1) is 19.9. The molecule has 6 nitrogen and oxygen atoms in total. The lowest BCUT2D eigenvalue weighted by Gasteiger charge is -2.14. The molecule has 2 heterocycles. The van der Waals surface area contributed by atoms with E-state index in [1.807, 2.05) is 51.0 Å². The molecule has 0 fully saturated rings. The van der Waals surface area contributed by atoms with Gasteiger partial charge in [-0.15, -0.1) is 11.8 Å². The predicted molar refractivity (Wildman–Crippen MR) is 112 cm³/mol. The van der Waals surface area contributed by atoms with Crippen LogP contribution in [0.15, 0.2) is 52.1 Å². The molecule has 0 radical (unpaired) electrons. The number of hydrogen-bond donors (Lipinski definition) is 1. The van der Waals surface area contributed by atoms with E-state index in [9.17, 15) is 4.79 Å². The number of anilines is 1. The third-order valence-corrected chi connectivity index (χ3v) is 5.46. The summed E-state index contributed by atoms with van der Waals surface area (Å²) in [6, 6.07) is 11.7. The summed E-state index contributed by atoms with van der Waals surface area (Å²) in [6.07, 6.45) is 1.70. The van der Waals surface area contributed by atoms with Gasteiger partial charge in [-0.05, 0) is 43.7 Å². The molecule has 0 spiro atoms. The third kappa shape index (κ3) is 4.72. The maximum atomic E-state index is 12.7. The second kappa shape index (κ2) is 8.93. The van der Waals surface area contributed by atoms with Crippen LogP contribution in [0.4, 0.5) is 5.69 Å². The molecule has 0 saturated heterocycles. The Balaban J connectivity index is 1.68. The Morgan fingerprint density at radius 2 is 2.04 bits per heavy atom. The van der Waals surface area contributed by atoms with Crippen molar-refractivity contribution in [1.82, 2.24) is 15.5 Å². The van der Waals surface area contributed by atoms with E-state index in [2.05, 4.69) is 21.5 Å². The number of amides is 1. The monoisotopic (exact) mass is 396 g/mol. The van der Waals surface area contributed by atoms with E-state index in [0.29, 0.717) is 22.9 Å². The molecule has 28 heavy (non-hydrogen) atoms. The third-order valence-electron chi connectivity index (χ3n) is 4.43. The molecule has 0 unspecified atom stereocenters. The molecule has 1 aromatic carbocycles. The van der Waals surface area contributed by atoms with Crippen molar-refractivity contribution in [2.24, 2.45) is 0 Å². The molecule has 0 atom stereocenters. The average molecular weight is 397 g/mol. The summed E-state index contributed by atoms with van der Waals surface area (Å²) >= 11 is 1.51. The molecular formula is C21H24N4O2S. The van der Waals surface area contributed by atoms with E-state index < -0.39 is 0 Å². The van der Waals surface area contributed by atoms with Crippen LogP contribution in [0.25, 0.3) is 0 Å². The van der Waals surface area contributed by atoms with Gasteiger partial charge in [-0.3, -0.25) is 4.79 Å². The largest absolute Gasteiger partial charge is 0.378 e. The maximum Gasteiger partial charge on any atom is 0.254 e. The van der Waals surface area contributed by atoms with Gasteiger partial charge in [-0.1, -0.05) is 17.3 Å². The summed E-state index contributed by atoms with van der Waals surface area (Å²) in [5.74, 6) is 1.32. The fraction of sp³-hybridized carbons (Fsp3) is 0.286. The maximum absolute atomic E-state index is 12.7. The zero-order chi connectivity index (χ0) is 20.1. The molecule has 1 N–H and O–H groups in total. The van der Waals surface area contributed by atoms with Crippen LogP contribution in [0.5, 0.6) is 0 Å². The quantitative estimate of drug-likeness (QED) is 0.609. The second-order valence-corrected chi connectivity index (χ2v) is 7.66. The van der Waals surface area contributed by atoms with Crippen molar-refractivity contribution in [3.05, 3.63) is 70.7 Å². The molecule has 0 aliphatic rings. The first-order valence-electron chi connectivity index (χ1n) is 8.99. The first-order chi connectivity index (χ1) is 13.5. The lowest BCUT2D eigenvalue weighted by atomic mass is 10.2. The number of nitrogens with one attached hydrogen (secondary N) is 1. The van der Waals surface area contributed by atoms with Crippen molar-refractivity contribution in [3.8, 4) is 0 Å². The van der Waals surface area contributed by atoms with Crippen molar-refractivity contribution >= 4 is 23.4 Å². The molecule has 7 heteroatoms. The summed E-state index contributed by atoms with van der Waals surface area (Å²) in [7, 11) is 3.99. The Hall–Kier alpha value is -2.80. The fourth-order valence-corrected chi connectivity index (χ4v) is 3.89. The van der Waals surface area contributed by atoms with E-state index in [4.69, 9.17) is 4.52 Å². The molecule has 1 amide bonds. The highest BCUT2D eigenvalue weighted by atomic mass is 32.2. The Morgan fingerprint density at radius 3 is 2.75 bits per heavy atom. The van der Waals surface area contributed by atoms with Gasteiger partial charge in [-0.25, -0.2) is 4.98 Å². The highest BCUT2D eigenvalue weighted by molar-refractivity contribution is 7.98. The molecule has 0 aliphatic heterocycles. The summed E-state index contributed by atoms with van der Waals surface area (Å²) in [6.45, 7) is 4.27. The van der Waals surface area contributed by atoms with Gasteiger partial charge in [0.05, 0.1) is 11.3 Å². The normalized spacial score (nSPS) is 10.7. The number of pyridine rings is 1. The van der Waals surface area contributed by atoms with Crippen LogP contribution in [-0.2, 0) is 12.3 Å². The smallest absolute Gasteiger partial charge is 0.254 e. The van der Waals surface area contributed by atoms with Gasteiger partial charge < -0.3 is 14.7 Å². The van der Waals surface area contributed by atoms with Gasteiger partial charge in [-0.2, -0.15) is 0 Å². The molecule has 146 valence electrons. The predicted octanol–water partition coefficient (Wildman–Crippen LogP) is 3.97. The summed E-state index contributed by atoms with van der Waals surface area (Å²) < 4.78 is 5.21. The van der Waals surface area contributed by atoms with E-state index in [0.717, 1.165) is 28.3 Å². The number of rotatable bonds is 7. The van der Waals surface area contributed by atoms with Gasteiger partial charge in [0.2, 0.25) is 0 Å². The number of aryl methyl sites for hydroxylation is 2. The lowest BCUT2D eigenvalue weighted by molar-refractivity contribution is 0.0947. The highest BCUT2D eigenvalue weighted by Gasteiger charge is 2.15. The number of thioether (sulfide) groups is 1. The number of carbonyl (C=O) groups excluding carboxylic acids is 1. The minimum Gasteiger partial charge on any atom is -0.378 e. The summed E-state index contributed by atoms with van der Waals surface area (Å²) in [5.41, 5.74) is 4.63. The number of carbonyl (C=O) groups is 1. The van der Waals surface area contributed by atoms with Crippen LogP contribution in [-0.4, -0.2) is 30.1 Å². The van der Waals surface area contributed by atoms with E-state index >= 15 is 0 Å². The number of nitrogens with zero attached hydrogens (tertiary/aromatic N) is 3. The van der Waals surface area contributed by atoms with Crippen molar-refractivity contribution < 1.29 is 9.32 Å². The minimum atomic E-state index is -0.135. The number of benzene rings is 1. The Bertz CT molecular complexity index is 949. The molecule has 2 aromatic heterocycles. The van der Waals surface area contributed by atoms with Crippen LogP contribution < -0.4 is 10.2 Å². The Labute approximate surface area is 169 Å². The first-order valence-corrected chi connectivity index (χ1v) is 9.98. The van der Waals surface area contributed by atoms with Crippen molar-refractivity contribution in [2.45, 2.75) is 31.2 Å². The summed E-state index contributed by atoms with van der Waals surface area (Å²) in [4.78, 5) is 19.2. The summed E-state index contributed by atoms with van der Waals surface area (Å²) in [5, 5.41) is 7.67. The molecule has 0 saturated carbocycles. The van der Waals surface area contributed by atoms with Crippen molar-refractivity contribution in [3.63, 3.8) is 0 Å². The highest BCUT2D eigenvalue weighted by Crippen LogP contribution is 2.27. The van der Waals surface area contributed by atoms with Crippen LogP contribution in [0, 0.1) is 13.8 Å². The topological polar surface area (TPSA) is 71.3 Å². The fourth-order valence-electron chi connectivity index (χ4n) is 2.75. The molecular weight excluding hydrogens is 372 g/mol. The van der Waals surface area contributed by atoms with Crippen LogP contribution in [0.1, 0.15) is 32.9 Å². The van der Waals surface area contributed by atoms with Gasteiger partial charge in [0.25, 0.3) is 5.91 Å². The molecule has 3 rings (SSSR count). The van der Waals surface area contributed by atoms with Crippen LogP contribution in [0.2, 0.25) is 0 Å². The van der Waals surface area contributed by atoms with Crippen molar-refractivity contribution in [1.29, 1.82) is 0 Å². The van der Waals surface area contributed by atoms with Gasteiger partial charge in [0, 0.05) is 43.8 Å². The molecule has 0 aliphatic carbocycles. The standard InChI is InChI=1S/C21H24N4O2S/c1-14-19(15(2)27-24-14)13-28-21-18(9-6-10-22-21)20(26)23-12-16-7-5-8-17(11-16)25(3)4/h5-11H,12-13H2,1-4H3,(H,23,26). The zero-order valence-corrected chi connectivity index (χ0v) is 17.3. The molecule has 3 aromatic rings. The van der Waals surface area contributed by atoms with Crippen LogP contribution in [0.3, 0.4) is 0 Å². The van der Waals surface area contributed by atoms with E-state index in [1.165, 1.54) is 11.8 Å².